The minimum absolute atomic E-state index is 0.349. The topological polar surface area (TPSA) is 114 Å². The molecular formula is C22H21FN8O2S2. The summed E-state index contributed by atoms with van der Waals surface area (Å²) in [5, 5.41) is 25.1. The van der Waals surface area contributed by atoms with Crippen LogP contribution in [0.1, 0.15) is 17.5 Å². The van der Waals surface area contributed by atoms with Crippen LogP contribution in [0.15, 0.2) is 24.3 Å². The van der Waals surface area contributed by atoms with E-state index in [2.05, 4.69) is 11.0 Å². The number of hydrogen-bond acceptors (Lipinski definition) is 9. The average molecular weight is 513 g/mol. The molecule has 10 nitrogen and oxygen atoms in total. The molecule has 1 aromatic carbocycles. The van der Waals surface area contributed by atoms with Gasteiger partial charge in [-0.1, -0.05) is 29.6 Å². The van der Waals surface area contributed by atoms with Crippen molar-refractivity contribution in [2.45, 2.75) is 13.3 Å². The Morgan fingerprint density at radius 3 is 2.54 bits per heavy atom. The summed E-state index contributed by atoms with van der Waals surface area (Å²) in [5.74, 6) is 0.413. The predicted molar refractivity (Wildman–Crippen MR) is 132 cm³/mol. The molecule has 0 aliphatic carbocycles. The summed E-state index contributed by atoms with van der Waals surface area (Å²) in [7, 11) is 1.86. The van der Waals surface area contributed by atoms with Crippen LogP contribution in [0.25, 0.3) is 16.2 Å². The average Bonchev–Trinajstić information content (AvgIpc) is 3.56. The maximum absolute atomic E-state index is 13.4. The van der Waals surface area contributed by atoms with Crippen molar-refractivity contribution in [1.82, 2.24) is 24.5 Å². The van der Waals surface area contributed by atoms with E-state index >= 15 is 0 Å². The number of hydrogen-bond donors (Lipinski definition) is 1. The van der Waals surface area contributed by atoms with Crippen LogP contribution >= 0.6 is 22.7 Å². The molecule has 13 heteroatoms. The van der Waals surface area contributed by atoms with Crippen molar-refractivity contribution >= 4 is 49.8 Å². The van der Waals surface area contributed by atoms with Crippen molar-refractivity contribution < 1.29 is 14.3 Å². The zero-order valence-corrected chi connectivity index (χ0v) is 20.6. The van der Waals surface area contributed by atoms with Crippen LogP contribution in [0, 0.1) is 17.1 Å². The number of rotatable bonds is 5. The summed E-state index contributed by atoms with van der Waals surface area (Å²) in [4.78, 5) is 27.2. The molecule has 3 aromatic heterocycles. The highest BCUT2D eigenvalue weighted by atomic mass is 32.1. The predicted octanol–water partition coefficient (Wildman–Crippen LogP) is 4.06. The number of amides is 1. The van der Waals surface area contributed by atoms with Gasteiger partial charge in [-0.25, -0.2) is 19.2 Å². The first-order chi connectivity index (χ1) is 16.9. The van der Waals surface area contributed by atoms with Crippen molar-refractivity contribution in [3.63, 3.8) is 0 Å². The minimum Gasteiger partial charge on any atom is -0.465 e. The van der Waals surface area contributed by atoms with Crippen LogP contribution in [-0.2, 0) is 6.42 Å². The highest BCUT2D eigenvalue weighted by Gasteiger charge is 2.27. The van der Waals surface area contributed by atoms with E-state index in [0.717, 1.165) is 21.6 Å². The number of carbonyl (C=O) groups is 1. The molecule has 180 valence electrons. The van der Waals surface area contributed by atoms with Crippen LogP contribution in [0.5, 0.6) is 0 Å². The first kappa shape index (κ1) is 23.0. The fourth-order valence-corrected chi connectivity index (χ4v) is 5.80. The molecule has 0 radical (unpaired) electrons. The number of carboxylic acid groups (broad SMARTS) is 1. The molecule has 5 rings (SSSR count). The number of aromatic nitrogens is 4. The Balaban J connectivity index is 1.49. The van der Waals surface area contributed by atoms with E-state index in [-0.39, 0.29) is 5.82 Å². The lowest BCUT2D eigenvalue weighted by Gasteiger charge is -2.32. The van der Waals surface area contributed by atoms with Crippen molar-refractivity contribution in [3.8, 4) is 17.3 Å². The third-order valence-electron chi connectivity index (χ3n) is 5.83. The molecule has 1 fully saturated rings. The molecule has 1 aliphatic rings. The van der Waals surface area contributed by atoms with Crippen LogP contribution in [0.3, 0.4) is 0 Å². The lowest BCUT2D eigenvalue weighted by molar-refractivity contribution is 0.142. The van der Waals surface area contributed by atoms with Crippen LogP contribution < -0.4 is 9.80 Å². The van der Waals surface area contributed by atoms with E-state index in [9.17, 15) is 19.6 Å². The molecule has 4 heterocycles. The molecule has 0 spiro atoms. The molecule has 1 amide bonds. The molecular weight excluding hydrogens is 491 g/mol. The Bertz CT molecular complexity index is 1430. The first-order valence-corrected chi connectivity index (χ1v) is 12.5. The van der Waals surface area contributed by atoms with E-state index in [4.69, 9.17) is 15.1 Å². The maximum Gasteiger partial charge on any atom is 0.407 e. The van der Waals surface area contributed by atoms with E-state index in [1.807, 2.05) is 18.9 Å². The van der Waals surface area contributed by atoms with Gasteiger partial charge in [0.2, 0.25) is 10.1 Å². The standard InChI is InChI=1S/C22H21FN8O2S2/c1-3-15-18(28(2)19-26-17(16(12-24)34-19)13-4-6-14(23)7-5-13)31-20(25-15)35-21(27-31)29-8-10-30(11-9-29)22(32)33/h4-7H,3,8-11H2,1-2H3,(H,32,33). The maximum atomic E-state index is 13.4. The summed E-state index contributed by atoms with van der Waals surface area (Å²) in [6.45, 7) is 3.99. The number of nitriles is 1. The second kappa shape index (κ2) is 9.12. The van der Waals surface area contributed by atoms with Gasteiger partial charge in [0, 0.05) is 38.8 Å². The quantitative estimate of drug-likeness (QED) is 0.426. The van der Waals surface area contributed by atoms with Gasteiger partial charge in [-0.3, -0.25) is 0 Å². The van der Waals surface area contributed by atoms with Gasteiger partial charge in [0.1, 0.15) is 22.5 Å². The minimum atomic E-state index is -0.907. The molecule has 0 unspecified atom stereocenters. The normalized spacial score (nSPS) is 13.9. The smallest absolute Gasteiger partial charge is 0.407 e. The molecule has 4 aromatic rings. The second-order valence-electron chi connectivity index (χ2n) is 7.92. The van der Waals surface area contributed by atoms with E-state index < -0.39 is 6.09 Å². The van der Waals surface area contributed by atoms with Crippen LogP contribution in [-0.4, -0.2) is 68.9 Å². The second-order valence-corrected chi connectivity index (χ2v) is 9.84. The number of thiazole rings is 1. The Labute approximate surface area is 208 Å². The number of halogens is 1. The molecule has 1 saturated heterocycles. The van der Waals surface area contributed by atoms with Crippen LogP contribution in [0.2, 0.25) is 0 Å². The van der Waals surface area contributed by atoms with Crippen molar-refractivity contribution in [3.05, 3.63) is 40.7 Å². The van der Waals surface area contributed by atoms with Crippen molar-refractivity contribution in [2.75, 3.05) is 43.0 Å². The fourth-order valence-electron chi connectivity index (χ4n) is 3.98. The van der Waals surface area contributed by atoms with Gasteiger partial charge in [-0.05, 0) is 30.7 Å². The van der Waals surface area contributed by atoms with E-state index in [0.29, 0.717) is 53.9 Å². The summed E-state index contributed by atoms with van der Waals surface area (Å²) >= 11 is 2.71. The molecule has 0 bridgehead atoms. The van der Waals surface area contributed by atoms with Gasteiger partial charge in [-0.15, -0.1) is 5.10 Å². The number of aryl methyl sites for hydroxylation is 1. The molecule has 1 N–H and O–H groups in total. The summed E-state index contributed by atoms with van der Waals surface area (Å²) in [6.07, 6.45) is -0.223. The van der Waals surface area contributed by atoms with Crippen LogP contribution in [0.4, 0.5) is 25.3 Å². The zero-order chi connectivity index (χ0) is 24.7. The fraction of sp³-hybridized carbons (Fsp3) is 0.318. The summed E-state index contributed by atoms with van der Waals surface area (Å²) < 4.78 is 15.2. The number of benzene rings is 1. The van der Waals surface area contributed by atoms with E-state index in [1.54, 1.807) is 16.6 Å². The Morgan fingerprint density at radius 1 is 1.20 bits per heavy atom. The SMILES string of the molecule is CCc1nc2sc(N3CCN(C(=O)O)CC3)nn2c1N(C)c1nc(-c2ccc(F)cc2)c(C#N)s1. The number of piperazine rings is 1. The third-order valence-corrected chi connectivity index (χ3v) is 7.84. The Kier molecular flexibility index (Phi) is 6.00. The largest absolute Gasteiger partial charge is 0.465 e. The highest BCUT2D eigenvalue weighted by molar-refractivity contribution is 7.20. The molecule has 35 heavy (non-hydrogen) atoms. The Morgan fingerprint density at radius 2 is 1.91 bits per heavy atom. The van der Waals surface area contributed by atoms with E-state index in [1.165, 1.54) is 39.7 Å². The lowest BCUT2D eigenvalue weighted by atomic mass is 10.1. The van der Waals surface area contributed by atoms with Crippen molar-refractivity contribution in [1.29, 1.82) is 5.26 Å². The van der Waals surface area contributed by atoms with Gasteiger partial charge in [0.05, 0.1) is 5.69 Å². The number of nitrogens with zero attached hydrogens (tertiary/aromatic N) is 8. The highest BCUT2D eigenvalue weighted by Crippen LogP contribution is 2.38. The summed E-state index contributed by atoms with van der Waals surface area (Å²) in [5.41, 5.74) is 2.03. The van der Waals surface area contributed by atoms with Gasteiger partial charge in [0.15, 0.2) is 10.9 Å². The number of imidazole rings is 1. The van der Waals surface area contributed by atoms with Gasteiger partial charge in [0.25, 0.3) is 0 Å². The monoisotopic (exact) mass is 512 g/mol. The van der Waals surface area contributed by atoms with Gasteiger partial charge < -0.3 is 19.8 Å². The number of fused-ring (bicyclic) bond motifs is 1. The summed E-state index contributed by atoms with van der Waals surface area (Å²) in [6, 6.07) is 8.12. The number of anilines is 3. The van der Waals surface area contributed by atoms with Gasteiger partial charge >= 0.3 is 6.09 Å². The van der Waals surface area contributed by atoms with Crippen molar-refractivity contribution in [2.24, 2.45) is 0 Å². The van der Waals surface area contributed by atoms with Gasteiger partial charge in [-0.2, -0.15) is 9.78 Å². The Hall–Kier alpha value is -3.76. The molecule has 1 aliphatic heterocycles. The lowest BCUT2D eigenvalue weighted by Crippen LogP contribution is -2.48. The first-order valence-electron chi connectivity index (χ1n) is 10.9. The third kappa shape index (κ3) is 4.15. The molecule has 0 atom stereocenters. The zero-order valence-electron chi connectivity index (χ0n) is 19.0. The molecule has 0 saturated carbocycles.